The minimum Gasteiger partial charge on any atom is -0.373 e. The molecule has 0 saturated heterocycles. The van der Waals surface area contributed by atoms with Crippen LogP contribution in [0.2, 0.25) is 0 Å². The van der Waals surface area contributed by atoms with Crippen molar-refractivity contribution >= 4 is 11.6 Å². The number of hydrogen-bond acceptors (Lipinski definition) is 5. The van der Waals surface area contributed by atoms with E-state index in [0.29, 0.717) is 0 Å². The van der Waals surface area contributed by atoms with Crippen LogP contribution in [0.15, 0.2) is 0 Å². The fourth-order valence-corrected chi connectivity index (χ4v) is 1.74. The van der Waals surface area contributed by atoms with Crippen LogP contribution >= 0.6 is 0 Å². The van der Waals surface area contributed by atoms with E-state index in [1.54, 1.807) is 0 Å². The van der Waals surface area contributed by atoms with E-state index < -0.39 is 0 Å². The largest absolute Gasteiger partial charge is 0.373 e. The summed E-state index contributed by atoms with van der Waals surface area (Å²) < 4.78 is 0. The van der Waals surface area contributed by atoms with Crippen LogP contribution < -0.4 is 10.6 Å². The molecule has 1 aromatic heterocycles. The lowest BCUT2D eigenvalue weighted by molar-refractivity contribution is 0.405. The van der Waals surface area contributed by atoms with Gasteiger partial charge in [0.1, 0.15) is 17.5 Å². The Kier molecular flexibility index (Phi) is 5.85. The van der Waals surface area contributed by atoms with Crippen LogP contribution in [0.1, 0.15) is 24.7 Å². The van der Waals surface area contributed by atoms with Crippen molar-refractivity contribution in [3.05, 3.63) is 11.4 Å². The maximum absolute atomic E-state index is 4.54. The van der Waals surface area contributed by atoms with Crippen molar-refractivity contribution in [1.82, 2.24) is 14.9 Å². The number of hydrogen-bond donors (Lipinski definition) is 2. The Morgan fingerprint density at radius 3 is 2.39 bits per heavy atom. The first-order chi connectivity index (χ1) is 8.58. The van der Waals surface area contributed by atoms with E-state index in [1.807, 2.05) is 14.0 Å². The van der Waals surface area contributed by atoms with Crippen LogP contribution in [0.4, 0.5) is 11.6 Å². The summed E-state index contributed by atoms with van der Waals surface area (Å²) in [6.45, 7) is 6.12. The zero-order valence-electron chi connectivity index (χ0n) is 12.2. The lowest BCUT2D eigenvalue weighted by Crippen LogP contribution is -2.17. The van der Waals surface area contributed by atoms with Gasteiger partial charge >= 0.3 is 0 Å². The molecule has 0 atom stereocenters. The summed E-state index contributed by atoms with van der Waals surface area (Å²) >= 11 is 0. The first kappa shape index (κ1) is 14.7. The van der Waals surface area contributed by atoms with Crippen LogP contribution in [0.25, 0.3) is 0 Å². The van der Waals surface area contributed by atoms with E-state index in [1.165, 1.54) is 0 Å². The zero-order chi connectivity index (χ0) is 13.5. The molecule has 1 rings (SSSR count). The highest BCUT2D eigenvalue weighted by molar-refractivity contribution is 5.56. The van der Waals surface area contributed by atoms with E-state index in [-0.39, 0.29) is 0 Å². The normalized spacial score (nSPS) is 10.8. The van der Waals surface area contributed by atoms with Crippen molar-refractivity contribution in [1.29, 1.82) is 0 Å². The predicted octanol–water partition coefficient (Wildman–Crippen LogP) is 1.75. The van der Waals surface area contributed by atoms with Crippen molar-refractivity contribution < 1.29 is 0 Å². The molecule has 0 amide bonds. The third-order valence-corrected chi connectivity index (χ3v) is 2.82. The Balaban J connectivity index is 2.68. The number of rotatable bonds is 7. The van der Waals surface area contributed by atoms with Gasteiger partial charge in [0.25, 0.3) is 0 Å². The highest BCUT2D eigenvalue weighted by Gasteiger charge is 2.08. The molecule has 0 unspecified atom stereocenters. The maximum atomic E-state index is 4.54. The molecule has 102 valence electrons. The van der Waals surface area contributed by atoms with Crippen molar-refractivity contribution in [3.63, 3.8) is 0 Å². The Morgan fingerprint density at radius 1 is 1.17 bits per heavy atom. The topological polar surface area (TPSA) is 53.1 Å². The first-order valence-corrected chi connectivity index (χ1v) is 6.52. The molecule has 0 saturated carbocycles. The van der Waals surface area contributed by atoms with Gasteiger partial charge in [0.2, 0.25) is 0 Å². The van der Waals surface area contributed by atoms with E-state index >= 15 is 0 Å². The lowest BCUT2D eigenvalue weighted by Gasteiger charge is -2.14. The Hall–Kier alpha value is -1.36. The Morgan fingerprint density at radius 2 is 1.83 bits per heavy atom. The number of nitrogens with zero attached hydrogens (tertiary/aromatic N) is 3. The fraction of sp³-hybridized carbons (Fsp3) is 0.692. The highest BCUT2D eigenvalue weighted by Crippen LogP contribution is 2.19. The Labute approximate surface area is 110 Å². The molecule has 0 aliphatic carbocycles. The molecule has 18 heavy (non-hydrogen) atoms. The number of nitrogens with one attached hydrogen (secondary N) is 2. The molecule has 5 nitrogen and oxygen atoms in total. The van der Waals surface area contributed by atoms with Gasteiger partial charge in [-0.25, -0.2) is 9.97 Å². The summed E-state index contributed by atoms with van der Waals surface area (Å²) in [4.78, 5) is 11.2. The summed E-state index contributed by atoms with van der Waals surface area (Å²) in [6, 6.07) is 0. The molecule has 0 aromatic carbocycles. The van der Waals surface area contributed by atoms with Gasteiger partial charge in [-0.15, -0.1) is 0 Å². The molecule has 0 aliphatic rings. The first-order valence-electron chi connectivity index (χ1n) is 6.52. The van der Waals surface area contributed by atoms with E-state index in [4.69, 9.17) is 0 Å². The molecule has 1 heterocycles. The van der Waals surface area contributed by atoms with Gasteiger partial charge < -0.3 is 15.5 Å². The average molecular weight is 251 g/mol. The predicted molar refractivity (Wildman–Crippen MR) is 77.4 cm³/mol. The van der Waals surface area contributed by atoms with E-state index in [0.717, 1.165) is 49.0 Å². The number of aromatic nitrogens is 2. The van der Waals surface area contributed by atoms with Gasteiger partial charge in [-0.3, -0.25) is 0 Å². The monoisotopic (exact) mass is 251 g/mol. The molecular formula is C13H25N5. The second-order valence-electron chi connectivity index (χ2n) is 4.65. The van der Waals surface area contributed by atoms with Crippen LogP contribution in [0.5, 0.6) is 0 Å². The van der Waals surface area contributed by atoms with Gasteiger partial charge in [-0.2, -0.15) is 0 Å². The molecule has 0 bridgehead atoms. The van der Waals surface area contributed by atoms with Gasteiger partial charge in [0.15, 0.2) is 0 Å². The molecule has 0 fully saturated rings. The quantitative estimate of drug-likeness (QED) is 0.723. The van der Waals surface area contributed by atoms with Crippen LogP contribution in [0.3, 0.4) is 0 Å². The summed E-state index contributed by atoms with van der Waals surface area (Å²) in [5.74, 6) is 2.74. The van der Waals surface area contributed by atoms with Gasteiger partial charge in [0.05, 0.1) is 0 Å². The van der Waals surface area contributed by atoms with Gasteiger partial charge in [-0.1, -0.05) is 6.92 Å². The smallest absolute Gasteiger partial charge is 0.134 e. The van der Waals surface area contributed by atoms with Gasteiger partial charge in [-0.05, 0) is 34.0 Å². The number of anilines is 2. The number of aryl methyl sites for hydroxylation is 1. The summed E-state index contributed by atoms with van der Waals surface area (Å²) in [6.07, 6.45) is 1.95. The molecule has 1 aromatic rings. The fourth-order valence-electron chi connectivity index (χ4n) is 1.74. The van der Waals surface area contributed by atoms with Gasteiger partial charge in [0, 0.05) is 25.6 Å². The summed E-state index contributed by atoms with van der Waals surface area (Å²) in [5, 5.41) is 6.52. The lowest BCUT2D eigenvalue weighted by atomic mass is 10.3. The van der Waals surface area contributed by atoms with Crippen LogP contribution in [-0.4, -0.2) is 49.1 Å². The standard InChI is InChI=1S/C13H25N5/c1-6-11-16-12(14-3)10(2)13(17-11)15-8-7-9-18(4)5/h6-9H2,1-5H3,(H2,14,15,16,17). The van der Waals surface area contributed by atoms with Crippen molar-refractivity contribution in [3.8, 4) is 0 Å². The maximum Gasteiger partial charge on any atom is 0.134 e. The van der Waals surface area contributed by atoms with E-state index in [9.17, 15) is 0 Å². The van der Waals surface area contributed by atoms with Crippen molar-refractivity contribution in [2.45, 2.75) is 26.7 Å². The summed E-state index contributed by atoms with van der Waals surface area (Å²) in [5.41, 5.74) is 1.08. The van der Waals surface area contributed by atoms with Crippen molar-refractivity contribution in [2.75, 3.05) is 44.9 Å². The Bertz CT molecular complexity index is 376. The minimum absolute atomic E-state index is 0.849. The minimum atomic E-state index is 0.849. The third-order valence-electron chi connectivity index (χ3n) is 2.82. The third kappa shape index (κ3) is 4.14. The second kappa shape index (κ2) is 7.16. The molecule has 0 spiro atoms. The van der Waals surface area contributed by atoms with Crippen molar-refractivity contribution in [2.24, 2.45) is 0 Å². The molecule has 0 aliphatic heterocycles. The molecular weight excluding hydrogens is 226 g/mol. The molecule has 5 heteroatoms. The second-order valence-corrected chi connectivity index (χ2v) is 4.65. The zero-order valence-corrected chi connectivity index (χ0v) is 12.2. The molecule has 0 radical (unpaired) electrons. The molecule has 2 N–H and O–H groups in total. The van der Waals surface area contributed by atoms with Crippen LogP contribution in [0, 0.1) is 6.92 Å². The SMILES string of the molecule is CCc1nc(NC)c(C)c(NCCCN(C)C)n1. The van der Waals surface area contributed by atoms with Crippen LogP contribution in [-0.2, 0) is 6.42 Å². The average Bonchev–Trinajstić information content (AvgIpc) is 2.36. The highest BCUT2D eigenvalue weighted by atomic mass is 15.1. The van der Waals surface area contributed by atoms with E-state index in [2.05, 4.69) is 46.5 Å². The summed E-state index contributed by atoms with van der Waals surface area (Å²) in [7, 11) is 6.07.